The van der Waals surface area contributed by atoms with Gasteiger partial charge in [-0.15, -0.1) is 0 Å². The van der Waals surface area contributed by atoms with Crippen LogP contribution in [0.5, 0.6) is 0 Å². The molecule has 0 aliphatic carbocycles. The molecule has 4 aromatic rings. The summed E-state index contributed by atoms with van der Waals surface area (Å²) >= 11 is 1.24. The van der Waals surface area contributed by atoms with Crippen LogP contribution in [0.2, 0.25) is 0 Å². The number of Topliss-reactive ketones (excluding diaryl/α,β-unsaturated/α-hetero) is 1. The lowest BCUT2D eigenvalue weighted by atomic mass is 9.95. The molecule has 0 spiro atoms. The van der Waals surface area contributed by atoms with E-state index in [1.807, 2.05) is 26.0 Å². The van der Waals surface area contributed by atoms with Crippen LogP contribution in [-0.4, -0.2) is 31.7 Å². The van der Waals surface area contributed by atoms with Crippen molar-refractivity contribution in [3.05, 3.63) is 98.9 Å². The molecule has 1 aliphatic heterocycles. The first kappa shape index (κ1) is 22.4. The number of amides is 1. The van der Waals surface area contributed by atoms with Crippen molar-refractivity contribution in [2.24, 2.45) is 0 Å². The number of non-ortho nitro benzene ring substituents is 1. The summed E-state index contributed by atoms with van der Waals surface area (Å²) in [6, 6.07) is 11.5. The maximum Gasteiger partial charge on any atom is 0.301 e. The predicted octanol–water partition coefficient (Wildman–Crippen LogP) is 4.84. The summed E-state index contributed by atoms with van der Waals surface area (Å²) < 4.78 is 0.839. The first-order chi connectivity index (χ1) is 16.8. The van der Waals surface area contributed by atoms with Crippen molar-refractivity contribution in [2.75, 3.05) is 4.90 Å². The van der Waals surface area contributed by atoms with Gasteiger partial charge in [-0.1, -0.05) is 29.5 Å². The average Bonchev–Trinajstić information content (AvgIpc) is 3.38. The number of aliphatic hydroxyl groups excluding tert-OH is 1. The highest BCUT2D eigenvalue weighted by atomic mass is 32.1. The summed E-state index contributed by atoms with van der Waals surface area (Å²) in [7, 11) is 0. The van der Waals surface area contributed by atoms with Crippen LogP contribution in [0.1, 0.15) is 28.3 Å². The van der Waals surface area contributed by atoms with Gasteiger partial charge in [-0.3, -0.25) is 29.6 Å². The van der Waals surface area contributed by atoms with E-state index < -0.39 is 28.4 Å². The second-order valence-electron chi connectivity index (χ2n) is 8.18. The van der Waals surface area contributed by atoms with E-state index in [4.69, 9.17) is 0 Å². The third kappa shape index (κ3) is 3.73. The maximum atomic E-state index is 13.3. The van der Waals surface area contributed by atoms with Crippen molar-refractivity contribution in [1.29, 1.82) is 0 Å². The number of ketones is 1. The summed E-state index contributed by atoms with van der Waals surface area (Å²) in [4.78, 5) is 47.3. The van der Waals surface area contributed by atoms with E-state index in [0.717, 1.165) is 15.8 Å². The van der Waals surface area contributed by atoms with Gasteiger partial charge in [0.15, 0.2) is 5.13 Å². The summed E-state index contributed by atoms with van der Waals surface area (Å²) in [6.07, 6.45) is 2.90. The van der Waals surface area contributed by atoms with Gasteiger partial charge in [-0.2, -0.15) is 0 Å². The molecule has 1 fully saturated rings. The lowest BCUT2D eigenvalue weighted by Gasteiger charge is -2.22. The van der Waals surface area contributed by atoms with Gasteiger partial charge >= 0.3 is 5.91 Å². The standard InChI is InChI=1S/C25H18N4O5S/c1-13-10-14(2)20-18(11-13)35-25(27-20)28-21(16-4-3-5-17(12-16)29(33)34)19(23(31)24(28)32)22(30)15-6-8-26-9-7-15/h3-12,21,30H,1-2H3/b22-19+. The number of nitro groups is 1. The van der Waals surface area contributed by atoms with Crippen molar-refractivity contribution in [3.8, 4) is 0 Å². The fraction of sp³-hybridized carbons (Fsp3) is 0.120. The van der Waals surface area contributed by atoms with Crippen LogP contribution in [0, 0.1) is 24.0 Å². The smallest absolute Gasteiger partial charge is 0.301 e. The maximum absolute atomic E-state index is 13.3. The Hall–Kier alpha value is -4.44. The van der Waals surface area contributed by atoms with Crippen molar-refractivity contribution >= 4 is 49.8 Å². The number of fused-ring (bicyclic) bond motifs is 1. The number of carbonyl (C=O) groups is 2. The van der Waals surface area contributed by atoms with Crippen molar-refractivity contribution in [1.82, 2.24) is 9.97 Å². The molecular weight excluding hydrogens is 468 g/mol. The number of thiazole rings is 1. The summed E-state index contributed by atoms with van der Waals surface area (Å²) in [6.45, 7) is 3.87. The van der Waals surface area contributed by atoms with Crippen LogP contribution in [0.4, 0.5) is 10.8 Å². The van der Waals surface area contributed by atoms with Crippen LogP contribution in [0.15, 0.2) is 66.5 Å². The largest absolute Gasteiger partial charge is 0.507 e. The number of aromatic nitrogens is 2. The number of rotatable bonds is 4. The Morgan fingerprint density at radius 3 is 2.57 bits per heavy atom. The third-order valence-electron chi connectivity index (χ3n) is 5.82. The van der Waals surface area contributed by atoms with Crippen molar-refractivity contribution in [2.45, 2.75) is 19.9 Å². The van der Waals surface area contributed by atoms with Crippen LogP contribution in [0.25, 0.3) is 16.0 Å². The highest BCUT2D eigenvalue weighted by Crippen LogP contribution is 2.45. The molecule has 1 amide bonds. The SMILES string of the molecule is Cc1cc(C)c2nc(N3C(=O)C(=O)/C(=C(/O)c4ccncc4)C3c3cccc([N+](=O)[O-])c3)sc2c1. The number of carbonyl (C=O) groups excluding carboxylic acids is 2. The second-order valence-corrected chi connectivity index (χ2v) is 9.19. The zero-order valence-electron chi connectivity index (χ0n) is 18.6. The molecular formula is C25H18N4O5S. The van der Waals surface area contributed by atoms with Gasteiger partial charge in [0.1, 0.15) is 5.76 Å². The van der Waals surface area contributed by atoms with Crippen molar-refractivity contribution in [3.63, 3.8) is 0 Å². The zero-order chi connectivity index (χ0) is 24.9. The minimum absolute atomic E-state index is 0.172. The predicted molar refractivity (Wildman–Crippen MR) is 131 cm³/mol. The first-order valence-electron chi connectivity index (χ1n) is 10.6. The topological polar surface area (TPSA) is 127 Å². The highest BCUT2D eigenvalue weighted by molar-refractivity contribution is 7.22. The van der Waals surface area contributed by atoms with Gasteiger partial charge in [-0.25, -0.2) is 4.98 Å². The van der Waals surface area contributed by atoms with Gasteiger partial charge in [0.05, 0.1) is 26.8 Å². The number of pyridine rings is 1. The molecule has 1 saturated heterocycles. The third-order valence-corrected chi connectivity index (χ3v) is 6.82. The second kappa shape index (κ2) is 8.41. The van der Waals surface area contributed by atoms with Gasteiger partial charge in [0.2, 0.25) is 0 Å². The van der Waals surface area contributed by atoms with Crippen LogP contribution in [-0.2, 0) is 9.59 Å². The Balaban J connectivity index is 1.77. The molecule has 3 heterocycles. The summed E-state index contributed by atoms with van der Waals surface area (Å²) in [5.74, 6) is -2.16. The highest BCUT2D eigenvalue weighted by Gasteiger charge is 2.48. The van der Waals surface area contributed by atoms with Crippen LogP contribution >= 0.6 is 11.3 Å². The number of hydrogen-bond acceptors (Lipinski definition) is 8. The molecule has 10 heteroatoms. The molecule has 35 heavy (non-hydrogen) atoms. The molecule has 0 bridgehead atoms. The average molecular weight is 487 g/mol. The molecule has 1 N–H and O–H groups in total. The molecule has 1 unspecified atom stereocenters. The number of nitrogens with zero attached hydrogens (tertiary/aromatic N) is 4. The van der Waals surface area contributed by atoms with Gasteiger partial charge in [-0.05, 0) is 48.7 Å². The molecule has 5 rings (SSSR count). The summed E-state index contributed by atoms with van der Waals surface area (Å²) in [5.41, 5.74) is 2.87. The Morgan fingerprint density at radius 1 is 1.11 bits per heavy atom. The molecule has 0 radical (unpaired) electrons. The van der Waals surface area contributed by atoms with E-state index in [2.05, 4.69) is 9.97 Å². The summed E-state index contributed by atoms with van der Waals surface area (Å²) in [5, 5.41) is 22.8. The molecule has 1 atom stereocenters. The van der Waals surface area contributed by atoms with Crippen molar-refractivity contribution < 1.29 is 19.6 Å². The minimum Gasteiger partial charge on any atom is -0.507 e. The minimum atomic E-state index is -1.11. The van der Waals surface area contributed by atoms with Crippen LogP contribution in [0.3, 0.4) is 0 Å². The first-order valence-corrected chi connectivity index (χ1v) is 11.4. The number of nitro benzene ring substituents is 1. The van der Waals surface area contributed by atoms with Gasteiger partial charge < -0.3 is 5.11 Å². The number of hydrogen-bond donors (Lipinski definition) is 1. The van der Waals surface area contributed by atoms with E-state index in [1.54, 1.807) is 6.07 Å². The lowest BCUT2D eigenvalue weighted by Crippen LogP contribution is -2.29. The van der Waals surface area contributed by atoms with Gasteiger partial charge in [0.25, 0.3) is 11.5 Å². The fourth-order valence-corrected chi connectivity index (χ4v) is 5.45. The monoisotopic (exact) mass is 486 g/mol. The Labute approximate surface area is 203 Å². The van der Waals surface area contributed by atoms with Gasteiger partial charge in [0, 0.05) is 30.1 Å². The van der Waals surface area contributed by atoms with E-state index in [1.165, 1.54) is 59.0 Å². The normalized spacial score (nSPS) is 17.3. The number of aryl methyl sites for hydroxylation is 2. The van der Waals surface area contributed by atoms with E-state index >= 15 is 0 Å². The molecule has 2 aromatic carbocycles. The quantitative estimate of drug-likeness (QED) is 0.144. The van der Waals surface area contributed by atoms with E-state index in [0.29, 0.717) is 16.6 Å². The molecule has 2 aromatic heterocycles. The van der Waals surface area contributed by atoms with E-state index in [9.17, 15) is 24.8 Å². The van der Waals surface area contributed by atoms with Crippen LogP contribution < -0.4 is 4.90 Å². The number of aliphatic hydroxyl groups is 1. The lowest BCUT2D eigenvalue weighted by molar-refractivity contribution is -0.384. The Kier molecular flexibility index (Phi) is 5.37. The zero-order valence-corrected chi connectivity index (χ0v) is 19.4. The fourth-order valence-electron chi connectivity index (χ4n) is 4.28. The molecule has 174 valence electrons. The molecule has 1 aliphatic rings. The number of benzene rings is 2. The van der Waals surface area contributed by atoms with E-state index in [-0.39, 0.29) is 16.4 Å². The Bertz CT molecular complexity index is 1560. The molecule has 0 saturated carbocycles. The Morgan fingerprint density at radius 2 is 1.86 bits per heavy atom. The number of anilines is 1. The molecule has 9 nitrogen and oxygen atoms in total.